The van der Waals surface area contributed by atoms with Crippen molar-refractivity contribution >= 4 is 23.2 Å². The van der Waals surface area contributed by atoms with E-state index in [1.807, 2.05) is 6.42 Å². The van der Waals surface area contributed by atoms with E-state index < -0.39 is 41.4 Å². The second-order valence-corrected chi connectivity index (χ2v) is 10.3. The molecule has 0 aromatic heterocycles. The molecule has 0 spiro atoms. The fourth-order valence-electron chi connectivity index (χ4n) is 1.94. The summed E-state index contributed by atoms with van der Waals surface area (Å²) < 4.78 is 50.4. The minimum Gasteiger partial charge on any atom is -0.778 e. The molecule has 0 N–H and O–H groups in total. The largest absolute Gasteiger partial charge is 0.778 e. The topological polar surface area (TPSA) is 157 Å². The minimum atomic E-state index is -5.62. The number of ether oxygens (including phenoxy) is 1. The predicted octanol–water partition coefficient (Wildman–Crippen LogP) is 0.166. The van der Waals surface area contributed by atoms with E-state index in [0.29, 0.717) is 6.66 Å². The third-order valence-electron chi connectivity index (χ3n) is 2.71. The van der Waals surface area contributed by atoms with Gasteiger partial charge in [-0.2, -0.15) is 0 Å². The van der Waals surface area contributed by atoms with E-state index in [9.17, 15) is 28.4 Å². The first-order valence-electron chi connectivity index (χ1n) is 6.11. The normalized spacial score (nSPS) is 28.9. The van der Waals surface area contributed by atoms with Crippen LogP contribution in [0.25, 0.3) is 0 Å². The number of hydrogen-bond acceptors (Lipinski definition) is 10. The molecule has 1 aliphatic rings. The summed E-state index contributed by atoms with van der Waals surface area (Å²) in [7, 11) is -15.7. The number of hydrogen-bond donors (Lipinski definition) is 0. The van der Waals surface area contributed by atoms with Crippen molar-refractivity contribution in [2.24, 2.45) is 5.41 Å². The number of phosphoric acid groups is 2. The van der Waals surface area contributed by atoms with Crippen LogP contribution in [0.3, 0.4) is 0 Å². The Labute approximate surface area is 222 Å². The van der Waals surface area contributed by atoms with E-state index in [1.165, 1.54) is 0 Å². The fourth-order valence-corrected chi connectivity index (χ4v) is 5.27. The monoisotopic (exact) mass is 645 g/mol. The van der Waals surface area contributed by atoms with Crippen LogP contribution in [0.1, 0.15) is 20.8 Å². The summed E-state index contributed by atoms with van der Waals surface area (Å²) in [6.45, 7) is 5.28. The molecule has 10 nitrogen and oxygen atoms in total. The Balaban J connectivity index is -0.00000161. The van der Waals surface area contributed by atoms with Gasteiger partial charge in [0.05, 0.1) is 12.7 Å². The molecule has 141 valence electrons. The van der Waals surface area contributed by atoms with Gasteiger partial charge >= 0.3 is 0 Å². The van der Waals surface area contributed by atoms with Crippen molar-refractivity contribution in [3.8, 4) is 0 Å². The van der Waals surface area contributed by atoms with Gasteiger partial charge in [0.15, 0.2) is 0 Å². The molecule has 25 heavy (non-hydrogen) atoms. The summed E-state index contributed by atoms with van der Waals surface area (Å²) in [5.74, 6) is 0. The molecule has 3 radical (unpaired) electrons. The van der Waals surface area contributed by atoms with Crippen LogP contribution in [0.2, 0.25) is 0 Å². The first kappa shape index (κ1) is 33.4. The Hall–Kier alpha value is 3.72. The second-order valence-electron chi connectivity index (χ2n) is 5.44. The molecule has 1 fully saturated rings. The maximum Gasteiger partial charge on any atom is 0.279 e. The molecule has 0 amide bonds. The van der Waals surface area contributed by atoms with E-state index in [1.54, 1.807) is 20.8 Å². The number of rotatable bonds is 7. The predicted molar refractivity (Wildman–Crippen MR) is 69.3 cm³/mol. The molecular formula is C9H17O10P3Y3-4. The molecule has 0 bridgehead atoms. The van der Waals surface area contributed by atoms with Crippen LogP contribution in [0.15, 0.2) is 0 Å². The van der Waals surface area contributed by atoms with Gasteiger partial charge < -0.3 is 28.5 Å². The van der Waals surface area contributed by atoms with E-state index in [2.05, 4.69) is 13.1 Å². The third kappa shape index (κ3) is 13.6. The molecule has 0 aromatic carbocycles. The van der Waals surface area contributed by atoms with Crippen LogP contribution in [0.4, 0.5) is 0 Å². The van der Waals surface area contributed by atoms with Gasteiger partial charge in [0, 0.05) is 105 Å². The molecule has 5 atom stereocenters. The van der Waals surface area contributed by atoms with E-state index >= 15 is 0 Å². The van der Waals surface area contributed by atoms with E-state index in [0.717, 1.165) is 0 Å². The molecule has 16 heteroatoms. The van der Waals surface area contributed by atoms with Crippen LogP contribution in [0.5, 0.6) is 0 Å². The van der Waals surface area contributed by atoms with Crippen LogP contribution >= 0.6 is 23.2 Å². The van der Waals surface area contributed by atoms with Gasteiger partial charge in [0.2, 0.25) is 0 Å². The SMILES string of the molecule is C[C@H]1[CH-]C(C)(C)[C@@H](COP(=O)([O-])OP(=O)([O-])OP(C)(=O)[O-])O1.[Y].[Y].[Y]. The summed E-state index contributed by atoms with van der Waals surface area (Å²) in [4.78, 5) is 33.3. The Morgan fingerprint density at radius 1 is 1.04 bits per heavy atom. The van der Waals surface area contributed by atoms with Crippen LogP contribution in [-0.2, 0) is 130 Å². The minimum absolute atomic E-state index is 0. The zero-order valence-electron chi connectivity index (χ0n) is 14.1. The van der Waals surface area contributed by atoms with Gasteiger partial charge in [-0.25, -0.2) is 4.31 Å². The van der Waals surface area contributed by atoms with Gasteiger partial charge in [-0.1, -0.05) is 26.9 Å². The average molecular weight is 645 g/mol. The molecule has 1 aliphatic heterocycles. The van der Waals surface area contributed by atoms with Gasteiger partial charge in [0.25, 0.3) is 15.6 Å². The average Bonchev–Trinajstić information content (AvgIpc) is 2.42. The maximum absolute atomic E-state index is 11.5. The molecule has 0 aliphatic carbocycles. The van der Waals surface area contributed by atoms with E-state index in [-0.39, 0.29) is 104 Å². The molecular weight excluding hydrogens is 628 g/mol. The van der Waals surface area contributed by atoms with E-state index in [4.69, 9.17) is 4.74 Å². The standard InChI is InChI=1S/C9H20O10P3.3Y/c1-7-5-9(2,3)8(17-7)6-16-21(12,13)19-22(14,15)18-20(4,10)11;;;/h5,7-8H,6H2,1-4H3,(H,10,11)(H,12,13)(H,14,15);;;/q-1;;;/p-3/t7-,8+;;;/m0.../s1. The summed E-state index contributed by atoms with van der Waals surface area (Å²) in [5.41, 5.74) is -0.495. The summed E-state index contributed by atoms with van der Waals surface area (Å²) in [6.07, 6.45) is 0.970. The van der Waals surface area contributed by atoms with Crippen molar-refractivity contribution in [1.29, 1.82) is 0 Å². The van der Waals surface area contributed by atoms with Crippen LogP contribution in [-0.4, -0.2) is 25.5 Å². The fraction of sp³-hybridized carbons (Fsp3) is 0.889. The summed E-state index contributed by atoms with van der Waals surface area (Å²) >= 11 is 0. The van der Waals surface area contributed by atoms with Crippen molar-refractivity contribution in [3.05, 3.63) is 6.42 Å². The molecule has 0 aromatic rings. The third-order valence-corrected chi connectivity index (χ3v) is 6.76. The zero-order chi connectivity index (χ0) is 17.4. The molecule has 1 saturated heterocycles. The number of phosphoric ester groups is 1. The maximum atomic E-state index is 11.5. The first-order chi connectivity index (χ1) is 9.62. The molecule has 1 rings (SSSR count). The van der Waals surface area contributed by atoms with Gasteiger partial charge in [0.1, 0.15) is 7.60 Å². The Kier molecular flexibility index (Phi) is 16.7. The van der Waals surface area contributed by atoms with Crippen molar-refractivity contribution in [2.75, 3.05) is 13.3 Å². The molecule has 1 heterocycles. The van der Waals surface area contributed by atoms with Crippen molar-refractivity contribution in [3.63, 3.8) is 0 Å². The van der Waals surface area contributed by atoms with Gasteiger partial charge in [-0.3, -0.25) is 19.9 Å². The van der Waals surface area contributed by atoms with Gasteiger partial charge in [-0.15, -0.1) is 5.41 Å². The van der Waals surface area contributed by atoms with Crippen molar-refractivity contribution in [2.45, 2.75) is 33.0 Å². The quantitative estimate of drug-likeness (QED) is 0.276. The van der Waals surface area contributed by atoms with Crippen molar-refractivity contribution in [1.82, 2.24) is 0 Å². The smallest absolute Gasteiger partial charge is 0.279 e. The van der Waals surface area contributed by atoms with Gasteiger partial charge in [-0.05, 0) is 0 Å². The zero-order valence-corrected chi connectivity index (χ0v) is 25.3. The Bertz CT molecular complexity index is 553. The van der Waals surface area contributed by atoms with Crippen LogP contribution < -0.4 is 14.7 Å². The Morgan fingerprint density at radius 3 is 1.88 bits per heavy atom. The molecule has 0 saturated carbocycles. The second kappa shape index (κ2) is 12.5. The van der Waals surface area contributed by atoms with Crippen LogP contribution in [0, 0.1) is 11.8 Å². The summed E-state index contributed by atoms with van der Waals surface area (Å²) in [6, 6.07) is 0. The van der Waals surface area contributed by atoms with Crippen molar-refractivity contribution < 1.29 is 144 Å². The molecule has 3 unspecified atom stereocenters. The first-order valence-corrected chi connectivity index (χ1v) is 11.0. The Morgan fingerprint density at radius 2 is 1.52 bits per heavy atom. The summed E-state index contributed by atoms with van der Waals surface area (Å²) in [5, 5.41) is 0.